The lowest BCUT2D eigenvalue weighted by Gasteiger charge is -2.39. The van der Waals surface area contributed by atoms with Crippen molar-refractivity contribution in [3.63, 3.8) is 0 Å². The maximum Gasteiger partial charge on any atom is 0.237 e. The highest BCUT2D eigenvalue weighted by molar-refractivity contribution is 7.91. The molecule has 1 atom stereocenters. The number of halogens is 1. The average molecular weight is 421 g/mol. The molecular formula is C22H29FN2O3S. The van der Waals surface area contributed by atoms with E-state index < -0.39 is 9.84 Å². The van der Waals surface area contributed by atoms with Gasteiger partial charge in [-0.1, -0.05) is 37.3 Å². The lowest BCUT2D eigenvalue weighted by Crippen LogP contribution is -2.52. The molecular weight excluding hydrogens is 391 g/mol. The van der Waals surface area contributed by atoms with Gasteiger partial charge in [-0.2, -0.15) is 0 Å². The predicted molar refractivity (Wildman–Crippen MR) is 111 cm³/mol. The Bertz CT molecular complexity index is 842. The second-order valence-electron chi connectivity index (χ2n) is 8.13. The lowest BCUT2D eigenvalue weighted by atomic mass is 9.92. The summed E-state index contributed by atoms with van der Waals surface area (Å²) in [6, 6.07) is 6.02. The van der Waals surface area contributed by atoms with Crippen molar-refractivity contribution in [3.05, 3.63) is 35.6 Å². The minimum atomic E-state index is -3.08. The second kappa shape index (κ2) is 9.73. The van der Waals surface area contributed by atoms with E-state index in [0.717, 1.165) is 37.7 Å². The Kier molecular flexibility index (Phi) is 7.31. The first-order valence-electron chi connectivity index (χ1n) is 10.3. The molecule has 7 heteroatoms. The Morgan fingerprint density at radius 2 is 1.79 bits per heavy atom. The van der Waals surface area contributed by atoms with E-state index in [1.54, 1.807) is 12.1 Å². The smallest absolute Gasteiger partial charge is 0.237 e. The van der Waals surface area contributed by atoms with Crippen molar-refractivity contribution in [1.29, 1.82) is 0 Å². The molecule has 1 unspecified atom stereocenters. The first kappa shape index (κ1) is 21.8. The molecule has 158 valence electrons. The minimum Gasteiger partial charge on any atom is -0.335 e. The van der Waals surface area contributed by atoms with Crippen LogP contribution in [0.15, 0.2) is 24.3 Å². The van der Waals surface area contributed by atoms with Crippen LogP contribution in [0.2, 0.25) is 0 Å². The van der Waals surface area contributed by atoms with Crippen LogP contribution < -0.4 is 0 Å². The molecule has 1 aromatic rings. The third-order valence-electron chi connectivity index (χ3n) is 5.85. The molecule has 1 aliphatic heterocycles. The highest BCUT2D eigenvalue weighted by Gasteiger charge is 2.38. The largest absolute Gasteiger partial charge is 0.335 e. The maximum atomic E-state index is 13.3. The van der Waals surface area contributed by atoms with Crippen LogP contribution in [-0.2, 0) is 21.2 Å². The lowest BCUT2D eigenvalue weighted by molar-refractivity contribution is -0.137. The highest BCUT2D eigenvalue weighted by atomic mass is 32.2. The normalized spacial score (nSPS) is 21.8. The van der Waals surface area contributed by atoms with Gasteiger partial charge in [0.15, 0.2) is 9.84 Å². The maximum absolute atomic E-state index is 13.3. The van der Waals surface area contributed by atoms with E-state index >= 15 is 0 Å². The monoisotopic (exact) mass is 420 g/mol. The van der Waals surface area contributed by atoms with E-state index in [0.29, 0.717) is 19.5 Å². The van der Waals surface area contributed by atoms with Crippen LogP contribution >= 0.6 is 0 Å². The molecule has 0 bridgehead atoms. The summed E-state index contributed by atoms with van der Waals surface area (Å²) in [7, 11) is -3.08. The van der Waals surface area contributed by atoms with Crippen LogP contribution in [0.3, 0.4) is 0 Å². The van der Waals surface area contributed by atoms with Crippen molar-refractivity contribution in [2.24, 2.45) is 0 Å². The number of sulfone groups is 1. The average Bonchev–Trinajstić information content (AvgIpc) is 3.04. The van der Waals surface area contributed by atoms with E-state index in [2.05, 4.69) is 5.92 Å². The molecule has 0 N–H and O–H groups in total. The van der Waals surface area contributed by atoms with Gasteiger partial charge in [-0.05, 0) is 37.0 Å². The number of terminal acetylenes is 1. The van der Waals surface area contributed by atoms with Gasteiger partial charge < -0.3 is 4.90 Å². The standard InChI is InChI=1S/C22H29FN2O3S/c1-2-13-24(15-18-8-10-19(23)11-9-18)16-22(26)25(20-6-4-3-5-7-20)21-12-14-29(27,28)17-21/h1,8-11,20-21H,3-7,12-17H2. The molecule has 0 radical (unpaired) electrons. The topological polar surface area (TPSA) is 57.7 Å². The summed E-state index contributed by atoms with van der Waals surface area (Å²) < 4.78 is 37.3. The first-order valence-corrected chi connectivity index (χ1v) is 12.1. The Balaban J connectivity index is 1.74. The van der Waals surface area contributed by atoms with Crippen LogP contribution in [0.4, 0.5) is 4.39 Å². The number of carbonyl (C=O) groups is 1. The Morgan fingerprint density at radius 1 is 1.10 bits per heavy atom. The molecule has 1 heterocycles. The number of carbonyl (C=O) groups excluding carboxylic acids is 1. The number of hydrogen-bond acceptors (Lipinski definition) is 4. The quantitative estimate of drug-likeness (QED) is 0.637. The first-order chi connectivity index (χ1) is 13.9. The number of hydrogen-bond donors (Lipinski definition) is 0. The summed E-state index contributed by atoms with van der Waals surface area (Å²) in [5.74, 6) is 2.43. The molecule has 1 saturated heterocycles. The number of rotatable bonds is 7. The van der Waals surface area contributed by atoms with Gasteiger partial charge in [0.25, 0.3) is 0 Å². The Hall–Kier alpha value is -1.91. The minimum absolute atomic E-state index is 0.0579. The zero-order valence-electron chi connectivity index (χ0n) is 16.7. The zero-order valence-corrected chi connectivity index (χ0v) is 17.5. The molecule has 2 fully saturated rings. The summed E-state index contributed by atoms with van der Waals surface area (Å²) in [5, 5.41) is 0. The summed E-state index contributed by atoms with van der Waals surface area (Å²) in [6.45, 7) is 0.872. The molecule has 5 nitrogen and oxygen atoms in total. The van der Waals surface area contributed by atoms with Gasteiger partial charge in [0, 0.05) is 18.6 Å². The summed E-state index contributed by atoms with van der Waals surface area (Å²) >= 11 is 0. The predicted octanol–water partition coefficient (Wildman–Crippen LogP) is 2.61. The molecule has 1 aromatic carbocycles. The van der Waals surface area contributed by atoms with Gasteiger partial charge in [-0.15, -0.1) is 6.42 Å². The van der Waals surface area contributed by atoms with Crippen molar-refractivity contribution in [2.75, 3.05) is 24.6 Å². The van der Waals surface area contributed by atoms with Crippen molar-refractivity contribution in [2.45, 2.75) is 57.2 Å². The van der Waals surface area contributed by atoms with Crippen molar-refractivity contribution in [3.8, 4) is 12.3 Å². The van der Waals surface area contributed by atoms with Crippen LogP contribution in [0.1, 0.15) is 44.1 Å². The summed E-state index contributed by atoms with van der Waals surface area (Å²) in [5.41, 5.74) is 0.877. The summed E-state index contributed by atoms with van der Waals surface area (Å²) in [4.78, 5) is 17.0. The third-order valence-corrected chi connectivity index (χ3v) is 7.60. The van der Waals surface area contributed by atoms with Gasteiger partial charge >= 0.3 is 0 Å². The zero-order chi connectivity index (χ0) is 20.9. The molecule has 1 amide bonds. The Morgan fingerprint density at radius 3 is 2.38 bits per heavy atom. The van der Waals surface area contributed by atoms with E-state index in [1.165, 1.54) is 12.1 Å². The van der Waals surface area contributed by atoms with Crippen molar-refractivity contribution in [1.82, 2.24) is 9.80 Å². The van der Waals surface area contributed by atoms with E-state index in [-0.39, 0.29) is 41.9 Å². The molecule has 0 aromatic heterocycles. The summed E-state index contributed by atoms with van der Waals surface area (Å²) in [6.07, 6.45) is 11.2. The van der Waals surface area contributed by atoms with Crippen LogP contribution in [0.5, 0.6) is 0 Å². The highest BCUT2D eigenvalue weighted by Crippen LogP contribution is 2.28. The van der Waals surface area contributed by atoms with Gasteiger partial charge in [-0.25, -0.2) is 12.8 Å². The van der Waals surface area contributed by atoms with E-state index in [1.807, 2.05) is 9.80 Å². The molecule has 1 saturated carbocycles. The van der Waals surface area contributed by atoms with Gasteiger partial charge in [0.05, 0.1) is 24.6 Å². The fourth-order valence-electron chi connectivity index (χ4n) is 4.48. The van der Waals surface area contributed by atoms with Crippen molar-refractivity contribution >= 4 is 15.7 Å². The van der Waals surface area contributed by atoms with Crippen LogP contribution in [0, 0.1) is 18.2 Å². The molecule has 1 aliphatic carbocycles. The van der Waals surface area contributed by atoms with E-state index in [4.69, 9.17) is 6.42 Å². The van der Waals surface area contributed by atoms with Crippen LogP contribution in [-0.4, -0.2) is 60.8 Å². The fraction of sp³-hybridized carbons (Fsp3) is 0.591. The second-order valence-corrected chi connectivity index (χ2v) is 10.4. The number of nitrogens with zero attached hydrogens (tertiary/aromatic N) is 2. The Labute approximate surface area is 173 Å². The van der Waals surface area contributed by atoms with Crippen LogP contribution in [0.25, 0.3) is 0 Å². The third kappa shape index (κ3) is 6.03. The fourth-order valence-corrected chi connectivity index (χ4v) is 6.19. The van der Waals surface area contributed by atoms with Gasteiger partial charge in [0.2, 0.25) is 5.91 Å². The SMILES string of the molecule is C#CCN(CC(=O)N(C1CCCCC1)C1CCS(=O)(=O)C1)Cc1ccc(F)cc1. The molecule has 0 spiro atoms. The molecule has 29 heavy (non-hydrogen) atoms. The number of benzene rings is 1. The molecule has 3 rings (SSSR count). The number of amides is 1. The van der Waals surface area contributed by atoms with Gasteiger partial charge in [-0.3, -0.25) is 9.69 Å². The van der Waals surface area contributed by atoms with Crippen molar-refractivity contribution < 1.29 is 17.6 Å². The van der Waals surface area contributed by atoms with E-state index in [9.17, 15) is 17.6 Å². The molecule has 2 aliphatic rings. The van der Waals surface area contributed by atoms with Gasteiger partial charge in [0.1, 0.15) is 5.82 Å².